The molecule has 2 amide bonds. The Morgan fingerprint density at radius 2 is 1.84 bits per heavy atom. The number of nitrogens with one attached hydrogen (secondary N) is 2. The Morgan fingerprint density at radius 3 is 2.40 bits per heavy atom. The molecule has 0 fully saturated rings. The first-order valence-corrected chi connectivity index (χ1v) is 9.29. The number of aryl methyl sites for hydroxylation is 1. The lowest BCUT2D eigenvalue weighted by atomic mass is 9.95. The van der Waals surface area contributed by atoms with E-state index in [1.807, 2.05) is 0 Å². The van der Waals surface area contributed by atoms with Gasteiger partial charge in [-0.05, 0) is 34.9 Å². The Bertz CT molecular complexity index is 723. The molecule has 5 nitrogen and oxygen atoms in total. The van der Waals surface area contributed by atoms with Gasteiger partial charge in [-0.15, -0.1) is 11.3 Å². The van der Waals surface area contributed by atoms with Gasteiger partial charge in [0.25, 0.3) is 5.91 Å². The fourth-order valence-corrected chi connectivity index (χ4v) is 3.48. The smallest absolute Gasteiger partial charge is 0.251 e. The van der Waals surface area contributed by atoms with E-state index in [1.54, 1.807) is 11.4 Å². The van der Waals surface area contributed by atoms with Crippen molar-refractivity contribution in [1.29, 1.82) is 0 Å². The topological polar surface area (TPSA) is 84.2 Å². The first kappa shape index (κ1) is 19.1. The Balaban J connectivity index is 1.99. The van der Waals surface area contributed by atoms with Crippen LogP contribution in [0, 0.1) is 5.92 Å². The maximum absolute atomic E-state index is 12.2. The van der Waals surface area contributed by atoms with Crippen LogP contribution in [0.2, 0.25) is 0 Å². The first-order chi connectivity index (χ1) is 11.9. The number of hydrogen-bond donors (Lipinski definition) is 3. The van der Waals surface area contributed by atoms with Crippen LogP contribution < -0.4 is 16.4 Å². The van der Waals surface area contributed by atoms with Crippen molar-refractivity contribution in [3.05, 3.63) is 52.4 Å². The van der Waals surface area contributed by atoms with Gasteiger partial charge in [0, 0.05) is 6.04 Å². The standard InChI is InChI=1S/C19H25N3O2S/c1-4-13-5-7-14(8-6-13)17(12(2)3)21-11-16(23)22-19-15(18(20)24)9-10-25-19/h5-10,12,17,21H,4,11H2,1-3H3,(H2,20,24)(H,22,23)/t17-/m0/s1. The average Bonchev–Trinajstić information content (AvgIpc) is 3.03. The van der Waals surface area contributed by atoms with E-state index in [0.717, 1.165) is 12.0 Å². The molecule has 0 aliphatic heterocycles. The molecule has 2 aromatic rings. The van der Waals surface area contributed by atoms with E-state index in [4.69, 9.17) is 5.73 Å². The van der Waals surface area contributed by atoms with Crippen LogP contribution in [0.15, 0.2) is 35.7 Å². The highest BCUT2D eigenvalue weighted by atomic mass is 32.1. The average molecular weight is 359 g/mol. The summed E-state index contributed by atoms with van der Waals surface area (Å²) in [5, 5.41) is 8.29. The van der Waals surface area contributed by atoms with Gasteiger partial charge in [0.15, 0.2) is 0 Å². The summed E-state index contributed by atoms with van der Waals surface area (Å²) in [6.07, 6.45) is 1.01. The Hall–Kier alpha value is -2.18. The minimum Gasteiger partial charge on any atom is -0.366 e. The first-order valence-electron chi connectivity index (χ1n) is 8.41. The van der Waals surface area contributed by atoms with Gasteiger partial charge in [0.05, 0.1) is 12.1 Å². The molecule has 0 unspecified atom stereocenters. The molecule has 134 valence electrons. The van der Waals surface area contributed by atoms with Crippen LogP contribution in [-0.4, -0.2) is 18.4 Å². The molecule has 25 heavy (non-hydrogen) atoms. The van der Waals surface area contributed by atoms with Gasteiger partial charge in [-0.25, -0.2) is 0 Å². The van der Waals surface area contributed by atoms with Crippen LogP contribution in [0.4, 0.5) is 5.00 Å². The highest BCUT2D eigenvalue weighted by Gasteiger charge is 2.18. The van der Waals surface area contributed by atoms with Crippen LogP contribution >= 0.6 is 11.3 Å². The molecule has 0 saturated carbocycles. The molecule has 4 N–H and O–H groups in total. The Morgan fingerprint density at radius 1 is 1.16 bits per heavy atom. The van der Waals surface area contributed by atoms with E-state index in [-0.39, 0.29) is 18.5 Å². The number of amides is 2. The molecule has 0 spiro atoms. The molecule has 2 rings (SSSR count). The van der Waals surface area contributed by atoms with Gasteiger partial charge in [-0.3, -0.25) is 9.59 Å². The summed E-state index contributed by atoms with van der Waals surface area (Å²) >= 11 is 1.29. The lowest BCUT2D eigenvalue weighted by Crippen LogP contribution is -2.33. The monoisotopic (exact) mass is 359 g/mol. The minimum atomic E-state index is -0.541. The Kier molecular flexibility index (Phi) is 6.73. The summed E-state index contributed by atoms with van der Waals surface area (Å²) in [5.41, 5.74) is 8.09. The van der Waals surface area contributed by atoms with Gasteiger partial charge in [0.2, 0.25) is 5.91 Å². The van der Waals surface area contributed by atoms with Gasteiger partial charge < -0.3 is 16.4 Å². The zero-order valence-electron chi connectivity index (χ0n) is 14.8. The summed E-state index contributed by atoms with van der Waals surface area (Å²) in [6, 6.07) is 10.2. The summed E-state index contributed by atoms with van der Waals surface area (Å²) in [6.45, 7) is 6.53. The molecule has 0 radical (unpaired) electrons. The van der Waals surface area contributed by atoms with Crippen molar-refractivity contribution in [2.45, 2.75) is 33.2 Å². The van der Waals surface area contributed by atoms with Crippen molar-refractivity contribution in [2.75, 3.05) is 11.9 Å². The second-order valence-electron chi connectivity index (χ2n) is 6.27. The molecule has 0 aliphatic rings. The van der Waals surface area contributed by atoms with Crippen LogP contribution in [-0.2, 0) is 11.2 Å². The van der Waals surface area contributed by atoms with E-state index in [2.05, 4.69) is 55.7 Å². The van der Waals surface area contributed by atoms with Crippen LogP contribution in [0.3, 0.4) is 0 Å². The van der Waals surface area contributed by atoms with Gasteiger partial charge in [-0.2, -0.15) is 0 Å². The summed E-state index contributed by atoms with van der Waals surface area (Å²) in [5.74, 6) is -0.399. The predicted octanol–water partition coefficient (Wildman–Crippen LogP) is 3.33. The number of nitrogens with two attached hydrogens (primary N) is 1. The third-order valence-electron chi connectivity index (χ3n) is 4.08. The van der Waals surface area contributed by atoms with Crippen molar-refractivity contribution in [3.63, 3.8) is 0 Å². The summed E-state index contributed by atoms with van der Waals surface area (Å²) < 4.78 is 0. The number of primary amides is 1. The lowest BCUT2D eigenvalue weighted by Gasteiger charge is -2.23. The number of thiophene rings is 1. The molecule has 0 bridgehead atoms. The van der Waals surface area contributed by atoms with Crippen molar-refractivity contribution in [2.24, 2.45) is 11.7 Å². The maximum atomic E-state index is 12.2. The zero-order valence-corrected chi connectivity index (χ0v) is 15.7. The number of carbonyl (C=O) groups excluding carboxylic acids is 2. The fraction of sp³-hybridized carbons (Fsp3) is 0.368. The molecule has 0 aliphatic carbocycles. The van der Waals surface area contributed by atoms with E-state index in [0.29, 0.717) is 16.5 Å². The Labute approximate surface area is 152 Å². The molecule has 1 aromatic carbocycles. The third kappa shape index (κ3) is 5.14. The van der Waals surface area contributed by atoms with Crippen LogP contribution in [0.5, 0.6) is 0 Å². The van der Waals surface area contributed by atoms with E-state index >= 15 is 0 Å². The molecule has 1 heterocycles. The quantitative estimate of drug-likeness (QED) is 0.676. The van der Waals surface area contributed by atoms with Crippen molar-refractivity contribution >= 4 is 28.2 Å². The van der Waals surface area contributed by atoms with Crippen molar-refractivity contribution in [1.82, 2.24) is 5.32 Å². The van der Waals surface area contributed by atoms with E-state index in [1.165, 1.54) is 16.9 Å². The molecule has 1 aromatic heterocycles. The van der Waals surface area contributed by atoms with Crippen molar-refractivity contribution in [3.8, 4) is 0 Å². The zero-order chi connectivity index (χ0) is 18.4. The normalized spacial score (nSPS) is 12.2. The minimum absolute atomic E-state index is 0.0793. The maximum Gasteiger partial charge on any atom is 0.251 e. The number of benzene rings is 1. The van der Waals surface area contributed by atoms with Gasteiger partial charge in [-0.1, -0.05) is 45.0 Å². The van der Waals surface area contributed by atoms with E-state index in [9.17, 15) is 9.59 Å². The second-order valence-corrected chi connectivity index (χ2v) is 7.19. The van der Waals surface area contributed by atoms with Crippen molar-refractivity contribution < 1.29 is 9.59 Å². The predicted molar refractivity (Wildman–Crippen MR) is 103 cm³/mol. The number of carbonyl (C=O) groups is 2. The third-order valence-corrected chi connectivity index (χ3v) is 4.91. The fourth-order valence-electron chi connectivity index (χ4n) is 2.67. The number of hydrogen-bond acceptors (Lipinski definition) is 4. The second kappa shape index (κ2) is 8.78. The molecule has 1 atom stereocenters. The van der Waals surface area contributed by atoms with Gasteiger partial charge in [0.1, 0.15) is 5.00 Å². The molecular weight excluding hydrogens is 334 g/mol. The molecule has 6 heteroatoms. The van der Waals surface area contributed by atoms with Gasteiger partial charge >= 0.3 is 0 Å². The van der Waals surface area contributed by atoms with E-state index < -0.39 is 5.91 Å². The van der Waals surface area contributed by atoms with Crippen LogP contribution in [0.1, 0.15) is 48.3 Å². The number of anilines is 1. The highest BCUT2D eigenvalue weighted by Crippen LogP contribution is 2.24. The molecule has 0 saturated heterocycles. The summed E-state index contributed by atoms with van der Waals surface area (Å²) in [7, 11) is 0. The van der Waals surface area contributed by atoms with Crippen LogP contribution in [0.25, 0.3) is 0 Å². The highest BCUT2D eigenvalue weighted by molar-refractivity contribution is 7.14. The summed E-state index contributed by atoms with van der Waals surface area (Å²) in [4.78, 5) is 23.5. The SMILES string of the molecule is CCc1ccc([C@@H](NCC(=O)Nc2sccc2C(N)=O)C(C)C)cc1. The largest absolute Gasteiger partial charge is 0.366 e. The number of rotatable bonds is 8. The lowest BCUT2D eigenvalue weighted by molar-refractivity contribution is -0.115. The molecular formula is C19H25N3O2S.